The number of benzene rings is 1. The number of methoxy groups -OCH3 is 1. The lowest BCUT2D eigenvalue weighted by Crippen LogP contribution is -2.48. The minimum Gasteiger partial charge on any atom is -0.497 e. The standard InChI is InChI=1S/C15H17N3O2S/c1-20-12-4-2-11(3-5-12)14-8-16-6-7-18(14)15(19)13-9-21-10-17-13/h2-5,9-10,14,16H,6-8H2,1H3. The lowest BCUT2D eigenvalue weighted by Gasteiger charge is -2.36. The Bertz CT molecular complexity index is 598. The Labute approximate surface area is 127 Å². The summed E-state index contributed by atoms with van der Waals surface area (Å²) in [5.74, 6) is 0.818. The Hall–Kier alpha value is -1.92. The van der Waals surface area contributed by atoms with E-state index in [0.29, 0.717) is 12.2 Å². The second kappa shape index (κ2) is 6.24. The van der Waals surface area contributed by atoms with E-state index in [1.807, 2.05) is 29.2 Å². The number of nitrogens with zero attached hydrogens (tertiary/aromatic N) is 2. The molecule has 1 atom stereocenters. The van der Waals surface area contributed by atoms with Gasteiger partial charge in [0.2, 0.25) is 0 Å². The van der Waals surface area contributed by atoms with E-state index in [9.17, 15) is 4.79 Å². The third-order valence-corrected chi connectivity index (χ3v) is 4.24. The third-order valence-electron chi connectivity index (χ3n) is 3.66. The topological polar surface area (TPSA) is 54.5 Å². The average Bonchev–Trinajstić information content (AvgIpc) is 3.09. The zero-order valence-electron chi connectivity index (χ0n) is 11.8. The summed E-state index contributed by atoms with van der Waals surface area (Å²) >= 11 is 1.44. The fraction of sp³-hybridized carbons (Fsp3) is 0.333. The number of ether oxygens (including phenoxy) is 1. The van der Waals surface area contributed by atoms with Crippen LogP contribution in [0, 0.1) is 0 Å². The van der Waals surface area contributed by atoms with Gasteiger partial charge in [0.25, 0.3) is 5.91 Å². The number of carbonyl (C=O) groups is 1. The van der Waals surface area contributed by atoms with Crippen molar-refractivity contribution in [1.29, 1.82) is 0 Å². The number of hydrogen-bond donors (Lipinski definition) is 1. The average molecular weight is 303 g/mol. The second-order valence-corrected chi connectivity index (χ2v) is 5.58. The molecule has 0 saturated carbocycles. The van der Waals surface area contributed by atoms with Crippen LogP contribution in [-0.2, 0) is 0 Å². The van der Waals surface area contributed by atoms with E-state index in [0.717, 1.165) is 24.4 Å². The van der Waals surface area contributed by atoms with Crippen LogP contribution in [0.25, 0.3) is 0 Å². The monoisotopic (exact) mass is 303 g/mol. The highest BCUT2D eigenvalue weighted by molar-refractivity contribution is 7.07. The van der Waals surface area contributed by atoms with E-state index in [2.05, 4.69) is 10.3 Å². The predicted octanol–water partition coefficient (Wildman–Crippen LogP) is 1.94. The first-order chi connectivity index (χ1) is 10.3. The van der Waals surface area contributed by atoms with Gasteiger partial charge in [0.1, 0.15) is 11.4 Å². The van der Waals surface area contributed by atoms with Gasteiger partial charge in [-0.15, -0.1) is 11.3 Å². The van der Waals surface area contributed by atoms with E-state index >= 15 is 0 Å². The molecule has 3 rings (SSSR count). The van der Waals surface area contributed by atoms with Crippen LogP contribution in [0.1, 0.15) is 22.1 Å². The quantitative estimate of drug-likeness (QED) is 0.941. The molecular formula is C15H17N3O2S. The second-order valence-electron chi connectivity index (χ2n) is 4.87. The van der Waals surface area contributed by atoms with E-state index in [1.54, 1.807) is 18.0 Å². The third kappa shape index (κ3) is 2.91. The molecule has 1 unspecified atom stereocenters. The van der Waals surface area contributed by atoms with E-state index in [1.165, 1.54) is 11.3 Å². The largest absolute Gasteiger partial charge is 0.497 e. The lowest BCUT2D eigenvalue weighted by molar-refractivity contribution is 0.0629. The summed E-state index contributed by atoms with van der Waals surface area (Å²) in [5, 5.41) is 5.15. The summed E-state index contributed by atoms with van der Waals surface area (Å²) < 4.78 is 5.18. The molecular weight excluding hydrogens is 286 g/mol. The molecule has 1 N–H and O–H groups in total. The minimum absolute atomic E-state index is 0.00133. The van der Waals surface area contributed by atoms with Crippen LogP contribution in [0.5, 0.6) is 5.75 Å². The molecule has 2 aromatic rings. The van der Waals surface area contributed by atoms with Crippen LogP contribution >= 0.6 is 11.3 Å². The summed E-state index contributed by atoms with van der Waals surface area (Å²) in [7, 11) is 1.65. The van der Waals surface area contributed by atoms with Gasteiger partial charge >= 0.3 is 0 Å². The Morgan fingerprint density at radius 2 is 2.24 bits per heavy atom. The van der Waals surface area contributed by atoms with E-state index in [4.69, 9.17) is 4.74 Å². The predicted molar refractivity (Wildman–Crippen MR) is 81.8 cm³/mol. The summed E-state index contributed by atoms with van der Waals surface area (Å²) in [4.78, 5) is 18.6. The fourth-order valence-electron chi connectivity index (χ4n) is 2.54. The molecule has 110 valence electrons. The number of thiazole rings is 1. The highest BCUT2D eigenvalue weighted by Crippen LogP contribution is 2.25. The normalized spacial score (nSPS) is 18.5. The summed E-state index contributed by atoms with van der Waals surface area (Å²) in [6.07, 6.45) is 0. The Balaban J connectivity index is 1.85. The van der Waals surface area contributed by atoms with Crippen molar-refractivity contribution in [2.45, 2.75) is 6.04 Å². The molecule has 1 amide bonds. The number of aromatic nitrogens is 1. The fourth-order valence-corrected chi connectivity index (χ4v) is 3.06. The van der Waals surface area contributed by atoms with Crippen LogP contribution in [0.15, 0.2) is 35.2 Å². The van der Waals surface area contributed by atoms with Crippen LogP contribution < -0.4 is 10.1 Å². The van der Waals surface area contributed by atoms with Gasteiger partial charge in [0.15, 0.2) is 0 Å². The van der Waals surface area contributed by atoms with Gasteiger partial charge in [-0.25, -0.2) is 4.98 Å². The number of amides is 1. The highest BCUT2D eigenvalue weighted by atomic mass is 32.1. The van der Waals surface area contributed by atoms with Crippen LogP contribution in [0.2, 0.25) is 0 Å². The molecule has 1 aliphatic heterocycles. The van der Waals surface area contributed by atoms with Gasteiger partial charge in [-0.1, -0.05) is 12.1 Å². The van der Waals surface area contributed by atoms with Crippen molar-refractivity contribution >= 4 is 17.2 Å². The molecule has 1 saturated heterocycles. The molecule has 1 aromatic carbocycles. The number of carbonyl (C=O) groups excluding carboxylic acids is 1. The Morgan fingerprint density at radius 1 is 1.43 bits per heavy atom. The zero-order chi connectivity index (χ0) is 14.7. The molecule has 0 spiro atoms. The Kier molecular flexibility index (Phi) is 4.17. The number of rotatable bonds is 3. The van der Waals surface area contributed by atoms with Gasteiger partial charge in [0.05, 0.1) is 18.7 Å². The first kappa shape index (κ1) is 14.0. The van der Waals surface area contributed by atoms with Crippen LogP contribution in [-0.4, -0.2) is 42.5 Å². The van der Waals surface area contributed by atoms with Crippen molar-refractivity contribution in [2.75, 3.05) is 26.7 Å². The van der Waals surface area contributed by atoms with Gasteiger partial charge in [-0.3, -0.25) is 4.79 Å². The molecule has 0 aliphatic carbocycles. The molecule has 6 heteroatoms. The minimum atomic E-state index is -0.00133. The number of nitrogens with one attached hydrogen (secondary N) is 1. The maximum Gasteiger partial charge on any atom is 0.273 e. The van der Waals surface area contributed by atoms with Crippen molar-refractivity contribution in [2.24, 2.45) is 0 Å². The van der Waals surface area contributed by atoms with Gasteiger partial charge in [-0.05, 0) is 17.7 Å². The smallest absolute Gasteiger partial charge is 0.273 e. The molecule has 0 radical (unpaired) electrons. The zero-order valence-corrected chi connectivity index (χ0v) is 12.6. The van der Waals surface area contributed by atoms with Gasteiger partial charge in [0, 0.05) is 25.0 Å². The molecule has 21 heavy (non-hydrogen) atoms. The lowest BCUT2D eigenvalue weighted by atomic mass is 10.0. The van der Waals surface area contributed by atoms with Crippen molar-refractivity contribution in [1.82, 2.24) is 15.2 Å². The molecule has 0 bridgehead atoms. The van der Waals surface area contributed by atoms with Crippen LogP contribution in [0.3, 0.4) is 0 Å². The molecule has 5 nitrogen and oxygen atoms in total. The maximum atomic E-state index is 12.6. The first-order valence-corrected chi connectivity index (χ1v) is 7.77. The summed E-state index contributed by atoms with van der Waals surface area (Å²) in [6.45, 7) is 2.25. The summed E-state index contributed by atoms with van der Waals surface area (Å²) in [6, 6.07) is 7.90. The van der Waals surface area contributed by atoms with Gasteiger partial charge in [-0.2, -0.15) is 0 Å². The maximum absolute atomic E-state index is 12.6. The SMILES string of the molecule is COc1ccc(C2CNCCN2C(=O)c2cscn2)cc1. The summed E-state index contributed by atoms with van der Waals surface area (Å²) in [5.41, 5.74) is 3.32. The van der Waals surface area contributed by atoms with E-state index in [-0.39, 0.29) is 11.9 Å². The van der Waals surface area contributed by atoms with Gasteiger partial charge < -0.3 is 15.0 Å². The number of piperazine rings is 1. The Morgan fingerprint density at radius 3 is 2.90 bits per heavy atom. The first-order valence-electron chi connectivity index (χ1n) is 6.83. The van der Waals surface area contributed by atoms with Crippen molar-refractivity contribution in [3.8, 4) is 5.75 Å². The van der Waals surface area contributed by atoms with Crippen molar-refractivity contribution in [3.05, 3.63) is 46.4 Å². The number of hydrogen-bond acceptors (Lipinski definition) is 5. The van der Waals surface area contributed by atoms with Crippen molar-refractivity contribution in [3.63, 3.8) is 0 Å². The molecule has 1 aromatic heterocycles. The van der Waals surface area contributed by atoms with Crippen LogP contribution in [0.4, 0.5) is 0 Å². The molecule has 2 heterocycles. The molecule has 1 aliphatic rings. The molecule has 1 fully saturated rings. The van der Waals surface area contributed by atoms with E-state index < -0.39 is 0 Å². The van der Waals surface area contributed by atoms with Crippen molar-refractivity contribution < 1.29 is 9.53 Å². The highest BCUT2D eigenvalue weighted by Gasteiger charge is 2.29.